The van der Waals surface area contributed by atoms with E-state index >= 15 is 0 Å². The zero-order chi connectivity index (χ0) is 30.4. The summed E-state index contributed by atoms with van der Waals surface area (Å²) in [6, 6.07) is 27.7. The zero-order valence-electron chi connectivity index (χ0n) is 25.2. The smallest absolute Gasteiger partial charge is 0.336 e. The van der Waals surface area contributed by atoms with Crippen molar-refractivity contribution >= 4 is 12.4 Å². The molecule has 1 N–H and O–H groups in total. The van der Waals surface area contributed by atoms with Crippen LogP contribution in [0, 0.1) is 5.82 Å². The second-order valence-electron chi connectivity index (χ2n) is 11.5. The molecule has 43 heavy (non-hydrogen) atoms. The number of hydrogen-bond donors (Lipinski definition) is 1. The highest BCUT2D eigenvalue weighted by Crippen LogP contribution is 2.42. The third kappa shape index (κ3) is 6.27. The van der Waals surface area contributed by atoms with E-state index in [4.69, 9.17) is 4.74 Å². The lowest BCUT2D eigenvalue weighted by molar-refractivity contribution is -0.136. The number of nitrogens with one attached hydrogen (secondary N) is 1. The summed E-state index contributed by atoms with van der Waals surface area (Å²) in [5.74, 6) is -1.41. The molecular formula is C36H40FN3O3. The van der Waals surface area contributed by atoms with Gasteiger partial charge in [0, 0.05) is 23.4 Å². The molecule has 2 aliphatic heterocycles. The Morgan fingerprint density at radius 3 is 2.07 bits per heavy atom. The van der Waals surface area contributed by atoms with Gasteiger partial charge in [0.25, 0.3) is 0 Å². The van der Waals surface area contributed by atoms with E-state index in [-0.39, 0.29) is 11.2 Å². The molecule has 1 fully saturated rings. The number of amides is 1. The monoisotopic (exact) mass is 581 g/mol. The van der Waals surface area contributed by atoms with Gasteiger partial charge < -0.3 is 19.9 Å². The summed E-state index contributed by atoms with van der Waals surface area (Å²) in [5, 5.41) is 3.27. The maximum Gasteiger partial charge on any atom is 0.336 e. The van der Waals surface area contributed by atoms with Gasteiger partial charge in [-0.05, 0) is 81.6 Å². The Morgan fingerprint density at radius 1 is 0.953 bits per heavy atom. The van der Waals surface area contributed by atoms with Gasteiger partial charge in [-0.3, -0.25) is 4.79 Å². The van der Waals surface area contributed by atoms with Crippen molar-refractivity contribution < 1.29 is 18.7 Å². The Hall–Kier alpha value is -4.23. The molecule has 1 atom stereocenters. The van der Waals surface area contributed by atoms with Crippen molar-refractivity contribution in [1.82, 2.24) is 15.1 Å². The molecular weight excluding hydrogens is 541 g/mol. The van der Waals surface area contributed by atoms with Gasteiger partial charge in [0.15, 0.2) is 0 Å². The van der Waals surface area contributed by atoms with Crippen molar-refractivity contribution in [3.8, 4) is 0 Å². The summed E-state index contributed by atoms with van der Waals surface area (Å²) in [4.78, 5) is 29.7. The molecule has 0 spiro atoms. The summed E-state index contributed by atoms with van der Waals surface area (Å²) in [7, 11) is 1.34. The van der Waals surface area contributed by atoms with Crippen LogP contribution in [0.3, 0.4) is 0 Å². The minimum atomic E-state index is -0.563. The molecule has 224 valence electrons. The first kappa shape index (κ1) is 30.2. The van der Waals surface area contributed by atoms with E-state index in [1.165, 1.54) is 30.4 Å². The van der Waals surface area contributed by atoms with Crippen LogP contribution in [0.1, 0.15) is 55.7 Å². The summed E-state index contributed by atoms with van der Waals surface area (Å²) >= 11 is 0. The Bertz CT molecular complexity index is 1440. The van der Waals surface area contributed by atoms with Crippen molar-refractivity contribution in [2.24, 2.45) is 0 Å². The van der Waals surface area contributed by atoms with Crippen LogP contribution in [0.4, 0.5) is 4.39 Å². The number of allylic oxidation sites excluding steroid dienone is 3. The van der Waals surface area contributed by atoms with Crippen LogP contribution in [0.5, 0.6) is 0 Å². The van der Waals surface area contributed by atoms with Gasteiger partial charge in [0.05, 0.1) is 24.3 Å². The molecule has 5 rings (SSSR count). The summed E-state index contributed by atoms with van der Waals surface area (Å²) in [6.07, 6.45) is 3.64. The predicted molar refractivity (Wildman–Crippen MR) is 166 cm³/mol. The fraction of sp³-hybridized carbons (Fsp3) is 0.333. The normalized spacial score (nSPS) is 18.7. The first-order valence-corrected chi connectivity index (χ1v) is 15.0. The molecule has 3 aromatic rings. The average Bonchev–Trinajstić information content (AvgIpc) is 3.04. The second-order valence-corrected chi connectivity index (χ2v) is 11.5. The van der Waals surface area contributed by atoms with E-state index in [1.54, 1.807) is 17.0 Å². The average molecular weight is 582 g/mol. The summed E-state index contributed by atoms with van der Waals surface area (Å²) < 4.78 is 19.0. The van der Waals surface area contributed by atoms with E-state index in [1.807, 2.05) is 13.8 Å². The number of ether oxygens (including phenoxy) is 1. The van der Waals surface area contributed by atoms with Crippen molar-refractivity contribution in [2.75, 3.05) is 33.3 Å². The molecule has 1 saturated heterocycles. The lowest BCUT2D eigenvalue weighted by atomic mass is 9.68. The Labute approximate surface area is 253 Å². The third-order valence-electron chi connectivity index (χ3n) is 9.01. The highest BCUT2D eigenvalue weighted by molar-refractivity contribution is 5.92. The molecule has 7 heteroatoms. The molecule has 3 aromatic carbocycles. The molecule has 0 aromatic heterocycles. The van der Waals surface area contributed by atoms with E-state index in [0.717, 1.165) is 56.6 Å². The minimum absolute atomic E-state index is 0.0135. The summed E-state index contributed by atoms with van der Waals surface area (Å²) in [6.45, 7) is 6.97. The van der Waals surface area contributed by atoms with Gasteiger partial charge in [0.1, 0.15) is 5.82 Å². The molecule has 2 heterocycles. The molecule has 0 aliphatic carbocycles. The van der Waals surface area contributed by atoms with Crippen LogP contribution in [0.2, 0.25) is 0 Å². The van der Waals surface area contributed by atoms with Gasteiger partial charge >= 0.3 is 5.97 Å². The predicted octanol–water partition coefficient (Wildman–Crippen LogP) is 6.12. The van der Waals surface area contributed by atoms with Gasteiger partial charge in [-0.25, -0.2) is 9.18 Å². The minimum Gasteiger partial charge on any atom is -0.466 e. The van der Waals surface area contributed by atoms with Crippen molar-refractivity contribution in [2.45, 2.75) is 44.4 Å². The molecule has 0 saturated carbocycles. The van der Waals surface area contributed by atoms with Crippen molar-refractivity contribution in [3.63, 3.8) is 0 Å². The van der Waals surface area contributed by atoms with Crippen molar-refractivity contribution in [1.29, 1.82) is 0 Å². The number of carbonyl (C=O) groups is 2. The lowest BCUT2D eigenvalue weighted by Gasteiger charge is -2.43. The Balaban J connectivity index is 1.30. The van der Waals surface area contributed by atoms with Crippen LogP contribution in [0.15, 0.2) is 108 Å². The first-order chi connectivity index (χ1) is 20.9. The molecule has 0 radical (unpaired) electrons. The molecule has 2 aliphatic rings. The van der Waals surface area contributed by atoms with Gasteiger partial charge in [-0.1, -0.05) is 72.8 Å². The van der Waals surface area contributed by atoms with E-state index < -0.39 is 11.9 Å². The number of piperidine rings is 1. The number of rotatable bonds is 10. The SMILES string of the molecule is COC(=O)C1=C(C)NC(C)=C(N(C=O)CCCN2CCC(c3ccccc3)(c3ccccc3)CC2)C1c1ccc(F)cc1. The number of likely N-dealkylation sites (tertiary alicyclic amines) is 1. The topological polar surface area (TPSA) is 61.9 Å². The quantitative estimate of drug-likeness (QED) is 0.231. The molecule has 1 unspecified atom stereocenters. The van der Waals surface area contributed by atoms with E-state index in [2.05, 4.69) is 70.9 Å². The molecule has 6 nitrogen and oxygen atoms in total. The second kappa shape index (κ2) is 13.4. The highest BCUT2D eigenvalue weighted by atomic mass is 19.1. The van der Waals surface area contributed by atoms with Gasteiger partial charge in [-0.2, -0.15) is 0 Å². The fourth-order valence-electron chi connectivity index (χ4n) is 6.84. The van der Waals surface area contributed by atoms with Crippen molar-refractivity contribution in [3.05, 3.63) is 130 Å². The van der Waals surface area contributed by atoms with Crippen LogP contribution in [0.25, 0.3) is 0 Å². The summed E-state index contributed by atoms with van der Waals surface area (Å²) in [5.41, 5.74) is 5.95. The van der Waals surface area contributed by atoms with Gasteiger partial charge in [0.2, 0.25) is 6.41 Å². The lowest BCUT2D eigenvalue weighted by Crippen LogP contribution is -2.44. The fourth-order valence-corrected chi connectivity index (χ4v) is 6.84. The first-order valence-electron chi connectivity index (χ1n) is 15.0. The zero-order valence-corrected chi connectivity index (χ0v) is 25.2. The number of esters is 1. The maximum atomic E-state index is 13.8. The van der Waals surface area contributed by atoms with E-state index in [0.29, 0.717) is 23.5 Å². The largest absolute Gasteiger partial charge is 0.466 e. The number of hydrogen-bond acceptors (Lipinski definition) is 5. The maximum absolute atomic E-state index is 13.8. The van der Waals surface area contributed by atoms with Crippen LogP contribution >= 0.6 is 0 Å². The number of dihydropyridines is 1. The number of nitrogens with zero attached hydrogens (tertiary/aromatic N) is 2. The van der Waals surface area contributed by atoms with Gasteiger partial charge in [-0.15, -0.1) is 0 Å². The standard InChI is InChI=1S/C36H40FN3O3/c1-26-32(35(42)43-3)33(28-15-17-31(37)18-16-28)34(27(2)38-26)40(25-41)22-10-21-39-23-19-36(20-24-39,29-11-6-4-7-12-29)30-13-8-5-9-14-30/h4-9,11-18,25,33,38H,10,19-24H2,1-3H3. The Morgan fingerprint density at radius 2 is 1.53 bits per heavy atom. The molecule has 1 amide bonds. The van der Waals surface area contributed by atoms with Crippen LogP contribution in [-0.2, 0) is 19.7 Å². The number of methoxy groups -OCH3 is 1. The number of halogens is 1. The van der Waals surface area contributed by atoms with E-state index in [9.17, 15) is 14.0 Å². The third-order valence-corrected chi connectivity index (χ3v) is 9.01. The van der Waals surface area contributed by atoms with Crippen LogP contribution in [-0.4, -0.2) is 55.5 Å². The highest BCUT2D eigenvalue weighted by Gasteiger charge is 2.38. The molecule has 0 bridgehead atoms. The Kier molecular flexibility index (Phi) is 9.41. The number of carbonyl (C=O) groups excluding carboxylic acids is 2. The van der Waals surface area contributed by atoms with Crippen LogP contribution < -0.4 is 5.32 Å². The number of benzene rings is 3.